The van der Waals surface area contributed by atoms with Gasteiger partial charge in [-0.2, -0.15) is 9.98 Å². The summed E-state index contributed by atoms with van der Waals surface area (Å²) in [6, 6.07) is 17.4. The van der Waals surface area contributed by atoms with Crippen LogP contribution in [0.1, 0.15) is 77.3 Å². The van der Waals surface area contributed by atoms with Gasteiger partial charge < -0.3 is 10.6 Å². The minimum atomic E-state index is 0.0366. The molecular formula is C38H48N8S2. The Kier molecular flexibility index (Phi) is 13.4. The molecule has 4 bridgehead atoms. The summed E-state index contributed by atoms with van der Waals surface area (Å²) in [7, 11) is 0. The van der Waals surface area contributed by atoms with E-state index < -0.39 is 0 Å². The van der Waals surface area contributed by atoms with Crippen LogP contribution in [0.4, 0.5) is 11.4 Å². The zero-order chi connectivity index (χ0) is 33.9. The summed E-state index contributed by atoms with van der Waals surface area (Å²) in [6.07, 6.45) is 8.18. The van der Waals surface area contributed by atoms with Gasteiger partial charge in [0.05, 0.1) is 46.9 Å². The van der Waals surface area contributed by atoms with Crippen LogP contribution < -0.4 is 10.6 Å². The maximum absolute atomic E-state index is 5.34. The molecule has 2 aromatic rings. The average Bonchev–Trinajstić information content (AvgIpc) is 3.10. The highest BCUT2D eigenvalue weighted by Gasteiger charge is 2.28. The highest BCUT2D eigenvalue weighted by molar-refractivity contribution is 7.78. The lowest BCUT2D eigenvalue weighted by atomic mass is 9.93. The third-order valence-corrected chi connectivity index (χ3v) is 10.0. The van der Waals surface area contributed by atoms with Gasteiger partial charge in [-0.05, 0) is 139 Å². The molecule has 2 fully saturated rings. The molecule has 0 aliphatic carbocycles. The number of rotatable bonds is 6. The maximum atomic E-state index is 5.34. The van der Waals surface area contributed by atoms with Crippen molar-refractivity contribution >= 4 is 69.0 Å². The first-order chi connectivity index (χ1) is 23.3. The van der Waals surface area contributed by atoms with Crippen molar-refractivity contribution < 1.29 is 0 Å². The molecule has 0 spiro atoms. The standard InChI is InChI=1S/C38H48N8S2/c1-25-35-7-5-9-37(45-35)27(3)44-34(20-30-13-17-32(18-14-30)42-24-48)22-40-26(2)36-8-6-10-38(46-36)28(4)43-33(21-39-25)19-29-11-15-31(16-12-29)41-23-47/h11-18,33-38,45-46H,5-10,19-22H2,1-4H3/t33-,34+,35?,36?,37?,38?. The van der Waals surface area contributed by atoms with E-state index in [1.165, 1.54) is 11.1 Å². The number of piperidine rings is 2. The molecule has 2 aromatic carbocycles. The van der Waals surface area contributed by atoms with Gasteiger partial charge in [-0.15, -0.1) is 0 Å². The lowest BCUT2D eigenvalue weighted by Gasteiger charge is -2.33. The van der Waals surface area contributed by atoms with Crippen LogP contribution in [-0.2, 0) is 12.8 Å². The molecule has 0 radical (unpaired) electrons. The number of isothiocyanates is 2. The van der Waals surface area contributed by atoms with E-state index in [0.29, 0.717) is 13.1 Å². The number of aliphatic imine (C=N–C) groups is 6. The van der Waals surface area contributed by atoms with E-state index in [2.05, 4.69) is 82.9 Å². The first kappa shape index (κ1) is 35.9. The summed E-state index contributed by atoms with van der Waals surface area (Å²) in [5, 5.41) is 12.7. The Morgan fingerprint density at radius 3 is 1.29 bits per heavy atom. The van der Waals surface area contributed by atoms with Crippen LogP contribution in [-0.4, -0.2) is 82.5 Å². The molecule has 10 heteroatoms. The fraction of sp³-hybridized carbons (Fsp3) is 0.526. The number of hydrogen-bond donors (Lipinski definition) is 2. The molecule has 4 unspecified atom stereocenters. The van der Waals surface area contributed by atoms with Crippen LogP contribution in [0.15, 0.2) is 78.5 Å². The number of fused-ring (bicyclic) bond motifs is 4. The third-order valence-electron chi connectivity index (χ3n) is 9.83. The average molecular weight is 681 g/mol. The van der Waals surface area contributed by atoms with Gasteiger partial charge in [-0.3, -0.25) is 20.0 Å². The fourth-order valence-corrected chi connectivity index (χ4v) is 7.24. The molecule has 252 valence electrons. The maximum Gasteiger partial charge on any atom is 0.0739 e. The van der Waals surface area contributed by atoms with Crippen LogP contribution in [0, 0.1) is 0 Å². The lowest BCUT2D eigenvalue weighted by Crippen LogP contribution is -2.50. The van der Waals surface area contributed by atoms with Crippen LogP contribution >= 0.6 is 24.4 Å². The normalized spacial score (nSPS) is 27.0. The van der Waals surface area contributed by atoms with Gasteiger partial charge in [0, 0.05) is 47.0 Å². The van der Waals surface area contributed by atoms with Gasteiger partial charge in [0.1, 0.15) is 0 Å². The van der Waals surface area contributed by atoms with E-state index >= 15 is 0 Å². The minimum Gasteiger partial charge on any atom is -0.301 e. The molecule has 48 heavy (non-hydrogen) atoms. The van der Waals surface area contributed by atoms with Crippen molar-refractivity contribution in [3.05, 3.63) is 59.7 Å². The second-order valence-corrected chi connectivity index (χ2v) is 13.7. The Balaban J connectivity index is 1.43. The van der Waals surface area contributed by atoms with Gasteiger partial charge in [0.25, 0.3) is 0 Å². The zero-order valence-electron chi connectivity index (χ0n) is 28.7. The summed E-state index contributed by atoms with van der Waals surface area (Å²) in [5.74, 6) is 0. The molecule has 0 amide bonds. The van der Waals surface area contributed by atoms with E-state index in [1.54, 1.807) is 0 Å². The van der Waals surface area contributed by atoms with Gasteiger partial charge >= 0.3 is 0 Å². The highest BCUT2D eigenvalue weighted by Crippen LogP contribution is 2.21. The summed E-state index contributed by atoms with van der Waals surface area (Å²) in [5.41, 5.74) is 8.63. The molecule has 8 nitrogen and oxygen atoms in total. The van der Waals surface area contributed by atoms with E-state index in [4.69, 9.17) is 44.4 Å². The molecular weight excluding hydrogens is 633 g/mol. The second-order valence-electron chi connectivity index (χ2n) is 13.4. The Bertz CT molecular complexity index is 1490. The number of thiocarbonyl (C=S) groups is 2. The number of nitrogens with zero attached hydrogens (tertiary/aromatic N) is 6. The topological polar surface area (TPSA) is 98.2 Å². The van der Waals surface area contributed by atoms with Crippen molar-refractivity contribution in [2.24, 2.45) is 30.0 Å². The fourth-order valence-electron chi connectivity index (χ4n) is 7.03. The molecule has 0 saturated carbocycles. The van der Waals surface area contributed by atoms with Crippen LogP contribution in [0.25, 0.3) is 0 Å². The quantitative estimate of drug-likeness (QED) is 0.243. The first-order valence-electron chi connectivity index (χ1n) is 17.3. The smallest absolute Gasteiger partial charge is 0.0739 e. The SMILES string of the molecule is CC1=NC[C@@H](Cc2ccc(N=C=S)cc2)N=C(C)C2CCCC(N2)C(C)=NC[C@H](Cc2ccc(N=C=S)cc2)N=C(C)C2CCCC1N2. The van der Waals surface area contributed by atoms with Crippen molar-refractivity contribution in [3.8, 4) is 0 Å². The molecule has 2 saturated heterocycles. The van der Waals surface area contributed by atoms with Crippen molar-refractivity contribution in [2.75, 3.05) is 13.1 Å². The first-order valence-corrected chi connectivity index (χ1v) is 18.1. The summed E-state index contributed by atoms with van der Waals surface area (Å²) < 4.78 is 0. The van der Waals surface area contributed by atoms with Crippen molar-refractivity contribution in [2.45, 2.75) is 115 Å². The van der Waals surface area contributed by atoms with Crippen molar-refractivity contribution in [3.63, 3.8) is 0 Å². The molecule has 3 aliphatic rings. The number of hydrogen-bond acceptors (Lipinski definition) is 10. The predicted octanol–water partition coefficient (Wildman–Crippen LogP) is 7.56. The van der Waals surface area contributed by atoms with Crippen LogP contribution in [0.3, 0.4) is 0 Å². The van der Waals surface area contributed by atoms with E-state index in [9.17, 15) is 0 Å². The van der Waals surface area contributed by atoms with E-state index in [-0.39, 0.29) is 36.3 Å². The predicted molar refractivity (Wildman–Crippen MR) is 209 cm³/mol. The van der Waals surface area contributed by atoms with Crippen molar-refractivity contribution in [1.29, 1.82) is 0 Å². The second kappa shape index (κ2) is 17.9. The third kappa shape index (κ3) is 10.3. The number of benzene rings is 2. The summed E-state index contributed by atoms with van der Waals surface area (Å²) in [6.45, 7) is 9.98. The highest BCUT2D eigenvalue weighted by atomic mass is 32.1. The van der Waals surface area contributed by atoms with Crippen molar-refractivity contribution in [1.82, 2.24) is 10.6 Å². The van der Waals surface area contributed by atoms with Gasteiger partial charge in [-0.25, -0.2) is 0 Å². The van der Waals surface area contributed by atoms with Crippen LogP contribution in [0.2, 0.25) is 0 Å². The van der Waals surface area contributed by atoms with Gasteiger partial charge in [-0.1, -0.05) is 24.3 Å². The molecule has 2 N–H and O–H groups in total. The Morgan fingerprint density at radius 1 is 0.583 bits per heavy atom. The monoisotopic (exact) mass is 680 g/mol. The lowest BCUT2D eigenvalue weighted by molar-refractivity contribution is 0.422. The zero-order valence-corrected chi connectivity index (χ0v) is 30.3. The summed E-state index contributed by atoms with van der Waals surface area (Å²) >= 11 is 9.56. The minimum absolute atomic E-state index is 0.0366. The van der Waals surface area contributed by atoms with Gasteiger partial charge in [0.2, 0.25) is 0 Å². The molecule has 6 atom stereocenters. The van der Waals surface area contributed by atoms with E-state index in [0.717, 1.165) is 85.6 Å². The Labute approximate surface area is 296 Å². The summed E-state index contributed by atoms with van der Waals surface area (Å²) in [4.78, 5) is 29.3. The Morgan fingerprint density at radius 2 is 0.938 bits per heavy atom. The van der Waals surface area contributed by atoms with Gasteiger partial charge in [0.15, 0.2) is 0 Å². The largest absolute Gasteiger partial charge is 0.301 e. The number of nitrogens with one attached hydrogen (secondary N) is 2. The molecule has 0 aromatic heterocycles. The van der Waals surface area contributed by atoms with E-state index in [1.807, 2.05) is 24.3 Å². The Hall–Kier alpha value is -3.36. The molecule has 3 aliphatic heterocycles. The molecule has 3 heterocycles. The van der Waals surface area contributed by atoms with Crippen LogP contribution in [0.5, 0.6) is 0 Å². The molecule has 5 rings (SSSR count).